The molecule has 0 amide bonds. The van der Waals surface area contributed by atoms with Crippen LogP contribution in [0.15, 0.2) is 30.3 Å². The summed E-state index contributed by atoms with van der Waals surface area (Å²) in [5.74, 6) is 1.94. The zero-order valence-electron chi connectivity index (χ0n) is 15.0. The minimum atomic E-state index is 0.910. The molecule has 0 saturated carbocycles. The third-order valence-electron chi connectivity index (χ3n) is 5.37. The molecule has 0 atom stereocenters. The number of aromatic nitrogens is 2. The molecule has 2 heterocycles. The molecule has 2 aliphatic rings. The molecule has 1 aliphatic heterocycles. The SMILES string of the molecule is CNc1nc(N2CCN(CCc3ccccc3)CC2)nc2c1CCC2. The lowest BCUT2D eigenvalue weighted by Gasteiger charge is -2.35. The van der Waals surface area contributed by atoms with Crippen molar-refractivity contribution >= 4 is 11.8 Å². The molecule has 1 aromatic carbocycles. The molecule has 1 aromatic heterocycles. The van der Waals surface area contributed by atoms with E-state index in [1.807, 2.05) is 7.05 Å². The second-order valence-corrected chi connectivity index (χ2v) is 6.97. The molecule has 2 aromatic rings. The van der Waals surface area contributed by atoms with Gasteiger partial charge in [0.1, 0.15) is 5.82 Å². The Hall–Kier alpha value is -2.14. The fourth-order valence-electron chi connectivity index (χ4n) is 3.87. The summed E-state index contributed by atoms with van der Waals surface area (Å²) in [6.45, 7) is 5.32. The maximum absolute atomic E-state index is 4.86. The first-order valence-electron chi connectivity index (χ1n) is 9.42. The van der Waals surface area contributed by atoms with Crippen LogP contribution in [0.1, 0.15) is 23.2 Å². The monoisotopic (exact) mass is 337 g/mol. The summed E-state index contributed by atoms with van der Waals surface area (Å²) in [6, 6.07) is 10.8. The molecule has 0 bridgehead atoms. The van der Waals surface area contributed by atoms with Crippen molar-refractivity contribution < 1.29 is 0 Å². The van der Waals surface area contributed by atoms with E-state index < -0.39 is 0 Å². The average Bonchev–Trinajstić information content (AvgIpc) is 3.15. The Bertz CT molecular complexity index is 708. The molecule has 132 valence electrons. The molecule has 0 spiro atoms. The Morgan fingerprint density at radius 1 is 1.00 bits per heavy atom. The van der Waals surface area contributed by atoms with E-state index in [-0.39, 0.29) is 0 Å². The van der Waals surface area contributed by atoms with Crippen LogP contribution in [-0.2, 0) is 19.3 Å². The highest BCUT2D eigenvalue weighted by molar-refractivity contribution is 5.52. The fourth-order valence-corrected chi connectivity index (χ4v) is 3.87. The van der Waals surface area contributed by atoms with Gasteiger partial charge in [-0.1, -0.05) is 30.3 Å². The third kappa shape index (κ3) is 3.61. The second-order valence-electron chi connectivity index (χ2n) is 6.97. The largest absolute Gasteiger partial charge is 0.373 e. The maximum Gasteiger partial charge on any atom is 0.227 e. The number of nitrogens with one attached hydrogen (secondary N) is 1. The van der Waals surface area contributed by atoms with Gasteiger partial charge in [-0.05, 0) is 31.2 Å². The first-order chi connectivity index (χ1) is 12.3. The van der Waals surface area contributed by atoms with Crippen LogP contribution in [-0.4, -0.2) is 54.6 Å². The normalized spacial score (nSPS) is 17.6. The van der Waals surface area contributed by atoms with Gasteiger partial charge in [0.25, 0.3) is 0 Å². The van der Waals surface area contributed by atoms with Crippen molar-refractivity contribution in [3.63, 3.8) is 0 Å². The van der Waals surface area contributed by atoms with Gasteiger partial charge in [-0.25, -0.2) is 4.98 Å². The average molecular weight is 337 g/mol. The standard InChI is InChI=1S/C20H27N5/c1-21-19-17-8-5-9-18(17)22-20(23-19)25-14-12-24(13-15-25)11-10-16-6-3-2-4-7-16/h2-4,6-7H,5,8-15H2,1H3,(H,21,22,23). The van der Waals surface area contributed by atoms with Gasteiger partial charge in [-0.15, -0.1) is 0 Å². The Morgan fingerprint density at radius 3 is 2.56 bits per heavy atom. The summed E-state index contributed by atoms with van der Waals surface area (Å²) in [7, 11) is 1.96. The third-order valence-corrected chi connectivity index (χ3v) is 5.37. The van der Waals surface area contributed by atoms with Crippen molar-refractivity contribution in [3.05, 3.63) is 47.2 Å². The van der Waals surface area contributed by atoms with E-state index in [9.17, 15) is 0 Å². The topological polar surface area (TPSA) is 44.3 Å². The van der Waals surface area contributed by atoms with Gasteiger partial charge in [0.05, 0.1) is 5.69 Å². The Morgan fingerprint density at radius 2 is 1.80 bits per heavy atom. The van der Waals surface area contributed by atoms with Crippen LogP contribution < -0.4 is 10.2 Å². The van der Waals surface area contributed by atoms with E-state index >= 15 is 0 Å². The summed E-state index contributed by atoms with van der Waals surface area (Å²) in [6.07, 6.45) is 4.53. The molecular formula is C20H27N5. The van der Waals surface area contributed by atoms with Crippen molar-refractivity contribution in [3.8, 4) is 0 Å². The van der Waals surface area contributed by atoms with E-state index in [4.69, 9.17) is 9.97 Å². The summed E-state index contributed by atoms with van der Waals surface area (Å²) < 4.78 is 0. The first-order valence-corrected chi connectivity index (χ1v) is 9.42. The zero-order valence-corrected chi connectivity index (χ0v) is 15.0. The highest BCUT2D eigenvalue weighted by atomic mass is 15.3. The van der Waals surface area contributed by atoms with Gasteiger partial charge in [0.15, 0.2) is 0 Å². The summed E-state index contributed by atoms with van der Waals surface area (Å²) in [5, 5.41) is 3.27. The van der Waals surface area contributed by atoms with Crippen LogP contribution in [0.25, 0.3) is 0 Å². The molecule has 1 fully saturated rings. The van der Waals surface area contributed by atoms with Crippen LogP contribution >= 0.6 is 0 Å². The molecule has 1 N–H and O–H groups in total. The summed E-state index contributed by atoms with van der Waals surface area (Å²) >= 11 is 0. The molecule has 25 heavy (non-hydrogen) atoms. The van der Waals surface area contributed by atoms with E-state index in [2.05, 4.69) is 45.4 Å². The molecule has 1 aliphatic carbocycles. The molecule has 4 rings (SSSR count). The molecule has 5 nitrogen and oxygen atoms in total. The number of fused-ring (bicyclic) bond motifs is 1. The van der Waals surface area contributed by atoms with Crippen LogP contribution in [0.2, 0.25) is 0 Å². The molecule has 1 saturated heterocycles. The van der Waals surface area contributed by atoms with Gasteiger partial charge < -0.3 is 10.2 Å². The van der Waals surface area contributed by atoms with Crippen LogP contribution in [0.3, 0.4) is 0 Å². The van der Waals surface area contributed by atoms with Gasteiger partial charge in [0, 0.05) is 45.3 Å². The van der Waals surface area contributed by atoms with Crippen LogP contribution in [0, 0.1) is 0 Å². The van der Waals surface area contributed by atoms with Crippen molar-refractivity contribution in [2.45, 2.75) is 25.7 Å². The highest BCUT2D eigenvalue weighted by Crippen LogP contribution is 2.28. The van der Waals surface area contributed by atoms with Gasteiger partial charge in [0.2, 0.25) is 5.95 Å². The Labute approximate surface area is 150 Å². The Balaban J connectivity index is 1.36. The Kier molecular flexibility index (Phi) is 4.83. The molecule has 5 heteroatoms. The van der Waals surface area contributed by atoms with Crippen LogP contribution in [0.4, 0.5) is 11.8 Å². The lowest BCUT2D eigenvalue weighted by molar-refractivity contribution is 0.260. The van der Waals surface area contributed by atoms with Crippen molar-refractivity contribution in [2.75, 3.05) is 50.0 Å². The highest BCUT2D eigenvalue weighted by Gasteiger charge is 2.23. The number of anilines is 2. The lowest BCUT2D eigenvalue weighted by atomic mass is 10.1. The van der Waals surface area contributed by atoms with Crippen molar-refractivity contribution in [2.24, 2.45) is 0 Å². The number of hydrogen-bond donors (Lipinski definition) is 1. The number of rotatable bonds is 5. The summed E-state index contributed by atoms with van der Waals surface area (Å²) in [5.41, 5.74) is 4.00. The number of piperazine rings is 1. The minimum Gasteiger partial charge on any atom is -0.373 e. The molecule has 0 unspecified atom stereocenters. The quantitative estimate of drug-likeness (QED) is 0.907. The number of aryl methyl sites for hydroxylation is 1. The first kappa shape index (κ1) is 16.3. The van der Waals surface area contributed by atoms with Crippen molar-refractivity contribution in [1.29, 1.82) is 0 Å². The van der Waals surface area contributed by atoms with E-state index in [1.165, 1.54) is 23.2 Å². The number of hydrogen-bond acceptors (Lipinski definition) is 5. The van der Waals surface area contributed by atoms with Gasteiger partial charge in [-0.3, -0.25) is 4.90 Å². The van der Waals surface area contributed by atoms with Crippen LogP contribution in [0.5, 0.6) is 0 Å². The van der Waals surface area contributed by atoms with Crippen molar-refractivity contribution in [1.82, 2.24) is 14.9 Å². The molecular weight excluding hydrogens is 310 g/mol. The fraction of sp³-hybridized carbons (Fsp3) is 0.500. The molecule has 0 radical (unpaired) electrons. The lowest BCUT2D eigenvalue weighted by Crippen LogP contribution is -2.47. The maximum atomic E-state index is 4.86. The predicted octanol–water partition coefficient (Wildman–Crippen LogP) is 2.37. The smallest absolute Gasteiger partial charge is 0.227 e. The van der Waals surface area contributed by atoms with E-state index in [1.54, 1.807) is 0 Å². The number of nitrogens with zero attached hydrogens (tertiary/aromatic N) is 4. The van der Waals surface area contributed by atoms with E-state index in [0.717, 1.165) is 63.8 Å². The zero-order chi connectivity index (χ0) is 17.1. The van der Waals surface area contributed by atoms with Gasteiger partial charge >= 0.3 is 0 Å². The van der Waals surface area contributed by atoms with Gasteiger partial charge in [-0.2, -0.15) is 4.98 Å². The second kappa shape index (κ2) is 7.40. The minimum absolute atomic E-state index is 0.910. The predicted molar refractivity (Wildman–Crippen MR) is 102 cm³/mol. The summed E-state index contributed by atoms with van der Waals surface area (Å²) in [4.78, 5) is 14.5. The van der Waals surface area contributed by atoms with E-state index in [0.29, 0.717) is 0 Å². The number of benzene rings is 1.